The van der Waals surface area contributed by atoms with Gasteiger partial charge in [-0.25, -0.2) is 4.99 Å². The van der Waals surface area contributed by atoms with Crippen LogP contribution in [0.25, 0.3) is 5.57 Å². The minimum Gasteiger partial charge on any atom is -0.403 e. The summed E-state index contributed by atoms with van der Waals surface area (Å²) in [6.07, 6.45) is 0.617. The zero-order valence-electron chi connectivity index (χ0n) is 19.7. The zero-order chi connectivity index (χ0) is 24.9. The van der Waals surface area contributed by atoms with Crippen LogP contribution in [0.1, 0.15) is 17.0 Å². The van der Waals surface area contributed by atoms with Crippen molar-refractivity contribution in [1.29, 1.82) is 5.41 Å². The number of hydrogen-bond donors (Lipinski definition) is 4. The lowest BCUT2D eigenvalue weighted by atomic mass is 10.0. The summed E-state index contributed by atoms with van der Waals surface area (Å²) in [7, 11) is 1.73. The zero-order valence-corrected chi connectivity index (χ0v) is 19.7. The summed E-state index contributed by atoms with van der Waals surface area (Å²) < 4.78 is 11.2. The van der Waals surface area contributed by atoms with Gasteiger partial charge in [0.25, 0.3) is 11.8 Å². The summed E-state index contributed by atoms with van der Waals surface area (Å²) >= 11 is 0. The maximum Gasteiger partial charge on any atom is 0.317 e. The normalized spacial score (nSPS) is 18.0. The first kappa shape index (κ1) is 23.2. The molecule has 1 atom stereocenters. The molecule has 184 valence electrons. The van der Waals surface area contributed by atoms with Crippen molar-refractivity contribution in [3.05, 3.63) is 77.8 Å². The van der Waals surface area contributed by atoms with E-state index >= 15 is 0 Å². The van der Waals surface area contributed by atoms with Gasteiger partial charge in [-0.05, 0) is 6.07 Å². The van der Waals surface area contributed by atoms with Crippen LogP contribution < -0.4 is 16.0 Å². The van der Waals surface area contributed by atoms with Gasteiger partial charge in [-0.1, -0.05) is 53.6 Å². The number of rotatable bonds is 6. The number of anilines is 2. The van der Waals surface area contributed by atoms with Crippen molar-refractivity contribution in [1.82, 2.24) is 20.4 Å². The first-order valence-corrected chi connectivity index (χ1v) is 11.6. The molecule has 0 bridgehead atoms. The number of amidine groups is 1. The number of fused-ring (bicyclic) bond motifs is 1. The minimum atomic E-state index is -1.02. The van der Waals surface area contributed by atoms with Crippen molar-refractivity contribution in [2.45, 2.75) is 6.17 Å². The molecular weight excluding hydrogens is 460 g/mol. The van der Waals surface area contributed by atoms with Crippen LogP contribution in [-0.2, 0) is 9.53 Å². The number of hydrogen-bond acceptors (Lipinski definition) is 9. The Morgan fingerprint density at radius 3 is 2.64 bits per heavy atom. The van der Waals surface area contributed by atoms with Crippen LogP contribution >= 0.6 is 0 Å². The number of nitrogens with zero attached hydrogens (tertiary/aromatic N) is 4. The number of benzene rings is 2. The number of aliphatic imine (C=N–C) groups is 1. The average molecular weight is 487 g/mol. The molecule has 36 heavy (non-hydrogen) atoms. The molecule has 11 nitrogen and oxygen atoms in total. The molecule has 5 rings (SSSR count). The first-order chi connectivity index (χ1) is 17.6. The van der Waals surface area contributed by atoms with Crippen LogP contribution in [0.3, 0.4) is 0 Å². The molecule has 11 heteroatoms. The molecule has 0 unspecified atom stereocenters. The van der Waals surface area contributed by atoms with E-state index in [0.717, 1.165) is 11.1 Å². The predicted molar refractivity (Wildman–Crippen MR) is 136 cm³/mol. The Bertz CT molecular complexity index is 1310. The van der Waals surface area contributed by atoms with Gasteiger partial charge >= 0.3 is 6.01 Å². The fraction of sp³-hybridized carbons (Fsp3) is 0.240. The smallest absolute Gasteiger partial charge is 0.317 e. The monoisotopic (exact) mass is 486 g/mol. The summed E-state index contributed by atoms with van der Waals surface area (Å²) in [5.41, 5.74) is 3.44. The van der Waals surface area contributed by atoms with Gasteiger partial charge in [0.05, 0.1) is 30.2 Å². The Labute approximate surface area is 207 Å². The van der Waals surface area contributed by atoms with Gasteiger partial charge in [0.1, 0.15) is 5.84 Å². The molecule has 4 N–H and O–H groups in total. The molecule has 2 aliphatic rings. The second-order valence-corrected chi connectivity index (χ2v) is 8.13. The number of carbonyl (C=O) groups excluding carboxylic acids is 1. The van der Waals surface area contributed by atoms with E-state index in [-0.39, 0.29) is 23.6 Å². The van der Waals surface area contributed by atoms with E-state index in [1.165, 1.54) is 0 Å². The highest BCUT2D eigenvalue weighted by atomic mass is 16.5. The van der Waals surface area contributed by atoms with Crippen molar-refractivity contribution in [2.24, 2.45) is 4.99 Å². The molecule has 1 saturated heterocycles. The Morgan fingerprint density at radius 1 is 1.11 bits per heavy atom. The molecule has 0 saturated carbocycles. The van der Waals surface area contributed by atoms with Crippen molar-refractivity contribution < 1.29 is 13.9 Å². The van der Waals surface area contributed by atoms with E-state index in [4.69, 9.17) is 19.6 Å². The second-order valence-electron chi connectivity index (χ2n) is 8.13. The standard InChI is InChI=1S/C25H26N8O3/c1-27-15-18(21(26)33-11-13-35-14-12-33)24-31-32-25(36-24)30-22-23(34)28-19-10-6-5-9-17(19)20(29-22)16-7-3-2-4-8-16/h2-10,15,22,26-27H,11-14H2,1H3,(H,28,34)(H,30,32)/b18-15+,26-21?/t22-/m1/s1. The van der Waals surface area contributed by atoms with Crippen molar-refractivity contribution in [3.63, 3.8) is 0 Å². The quantitative estimate of drug-likeness (QED) is 0.307. The van der Waals surface area contributed by atoms with E-state index in [1.54, 1.807) is 13.2 Å². The maximum atomic E-state index is 13.1. The minimum absolute atomic E-state index is 0.0176. The molecule has 0 spiro atoms. The van der Waals surface area contributed by atoms with Crippen LogP contribution in [0.2, 0.25) is 0 Å². The van der Waals surface area contributed by atoms with Crippen molar-refractivity contribution in [3.8, 4) is 0 Å². The van der Waals surface area contributed by atoms with E-state index in [1.807, 2.05) is 59.5 Å². The lowest BCUT2D eigenvalue weighted by Crippen LogP contribution is -2.41. The summed E-state index contributed by atoms with van der Waals surface area (Å²) in [6.45, 7) is 2.29. The van der Waals surface area contributed by atoms with E-state index < -0.39 is 6.17 Å². The summed E-state index contributed by atoms with van der Waals surface area (Å²) in [6, 6.07) is 17.2. The van der Waals surface area contributed by atoms with Crippen molar-refractivity contribution >= 4 is 34.7 Å². The Kier molecular flexibility index (Phi) is 6.72. The molecular formula is C25H26N8O3. The molecule has 2 aliphatic heterocycles. The molecule has 1 aromatic heterocycles. The highest BCUT2D eigenvalue weighted by Crippen LogP contribution is 2.25. The van der Waals surface area contributed by atoms with Gasteiger partial charge in [0.2, 0.25) is 6.17 Å². The van der Waals surface area contributed by atoms with Crippen molar-refractivity contribution in [2.75, 3.05) is 44.0 Å². The second kappa shape index (κ2) is 10.4. The number of ether oxygens (including phenoxy) is 1. The molecule has 2 aromatic carbocycles. The maximum absolute atomic E-state index is 13.1. The number of para-hydroxylation sites is 1. The van der Waals surface area contributed by atoms with Gasteiger partial charge in [-0.3, -0.25) is 10.2 Å². The molecule has 3 aromatic rings. The number of amides is 1. The third-order valence-corrected chi connectivity index (χ3v) is 5.78. The SMILES string of the molecule is CN/C=C(\C(=N)N1CCOCC1)c1nnc(N[C@H]2N=C(c3ccccc3)c3ccccc3NC2=O)o1. The summed E-state index contributed by atoms with van der Waals surface area (Å²) in [5.74, 6) is 0.0306. The van der Waals surface area contributed by atoms with Gasteiger partial charge in [-0.2, -0.15) is 0 Å². The third kappa shape index (κ3) is 4.82. The van der Waals surface area contributed by atoms with Gasteiger partial charge in [-0.15, -0.1) is 5.10 Å². The molecule has 0 radical (unpaired) electrons. The number of morpholine rings is 1. The summed E-state index contributed by atoms with van der Waals surface area (Å²) in [5, 5.41) is 25.6. The van der Waals surface area contributed by atoms with Crippen LogP contribution in [0.5, 0.6) is 0 Å². The molecule has 0 aliphatic carbocycles. The third-order valence-electron chi connectivity index (χ3n) is 5.78. The van der Waals surface area contributed by atoms with E-state index in [2.05, 4.69) is 26.1 Å². The molecule has 1 fully saturated rings. The summed E-state index contributed by atoms with van der Waals surface area (Å²) in [4.78, 5) is 19.7. The molecule has 1 amide bonds. The van der Waals surface area contributed by atoms with E-state index in [9.17, 15) is 4.79 Å². The van der Waals surface area contributed by atoms with Gasteiger partial charge in [0, 0.05) is 37.5 Å². The molecule has 3 heterocycles. The number of benzodiazepines with no additional fused rings is 1. The number of nitrogens with one attached hydrogen (secondary N) is 4. The number of carbonyl (C=O) groups is 1. The Balaban J connectivity index is 1.43. The fourth-order valence-corrected chi connectivity index (χ4v) is 4.02. The van der Waals surface area contributed by atoms with Crippen LogP contribution in [0.4, 0.5) is 11.7 Å². The van der Waals surface area contributed by atoms with Gasteiger partial charge < -0.3 is 30.0 Å². The van der Waals surface area contributed by atoms with Crippen LogP contribution in [0.15, 0.2) is 70.2 Å². The predicted octanol–water partition coefficient (Wildman–Crippen LogP) is 2.17. The lowest BCUT2D eigenvalue weighted by molar-refractivity contribution is -0.116. The average Bonchev–Trinajstić information content (AvgIpc) is 3.33. The highest BCUT2D eigenvalue weighted by Gasteiger charge is 2.28. The fourth-order valence-electron chi connectivity index (χ4n) is 4.02. The van der Waals surface area contributed by atoms with Crippen LogP contribution in [-0.4, -0.2) is 72.1 Å². The Hall–Kier alpha value is -4.51. The highest BCUT2D eigenvalue weighted by molar-refractivity contribution is 6.20. The lowest BCUT2D eigenvalue weighted by Gasteiger charge is -2.29. The first-order valence-electron chi connectivity index (χ1n) is 11.6. The van der Waals surface area contributed by atoms with Crippen LogP contribution in [0, 0.1) is 5.41 Å². The largest absolute Gasteiger partial charge is 0.403 e. The topological polar surface area (TPSA) is 141 Å². The van der Waals surface area contributed by atoms with E-state index in [0.29, 0.717) is 43.3 Å². The van der Waals surface area contributed by atoms with Gasteiger partial charge in [0.15, 0.2) is 0 Å². The number of aromatic nitrogens is 2. The Morgan fingerprint density at radius 2 is 1.86 bits per heavy atom.